The molecule has 1 aliphatic heterocycles. The van der Waals surface area contributed by atoms with Crippen molar-refractivity contribution in [2.75, 3.05) is 32.8 Å². The topological polar surface area (TPSA) is 74.4 Å². The molecule has 0 aliphatic carbocycles. The number of aryl methyl sites for hydroxylation is 1. The van der Waals surface area contributed by atoms with Gasteiger partial charge in [0.25, 0.3) is 5.91 Å². The molecular formula is C19H23N3O3. The van der Waals surface area contributed by atoms with Gasteiger partial charge in [0.15, 0.2) is 0 Å². The van der Waals surface area contributed by atoms with Gasteiger partial charge in [-0.2, -0.15) is 0 Å². The van der Waals surface area contributed by atoms with E-state index in [1.54, 1.807) is 0 Å². The lowest BCUT2D eigenvalue weighted by atomic mass is 10.0. The molecule has 2 aromatic rings. The summed E-state index contributed by atoms with van der Waals surface area (Å²) in [5.74, 6) is -0.192. The first-order valence-electron chi connectivity index (χ1n) is 8.49. The van der Waals surface area contributed by atoms with Crippen LogP contribution in [-0.4, -0.2) is 48.6 Å². The van der Waals surface area contributed by atoms with Gasteiger partial charge in [-0.3, -0.25) is 14.5 Å². The van der Waals surface area contributed by atoms with Gasteiger partial charge in [0.2, 0.25) is 5.56 Å². The van der Waals surface area contributed by atoms with Crippen LogP contribution in [0.2, 0.25) is 0 Å². The van der Waals surface area contributed by atoms with Crippen LogP contribution < -0.4 is 10.9 Å². The lowest BCUT2D eigenvalue weighted by Gasteiger charge is -2.35. The summed E-state index contributed by atoms with van der Waals surface area (Å²) < 4.78 is 5.45. The zero-order valence-electron chi connectivity index (χ0n) is 14.3. The van der Waals surface area contributed by atoms with E-state index in [-0.39, 0.29) is 17.5 Å². The third-order valence-electron chi connectivity index (χ3n) is 4.42. The minimum absolute atomic E-state index is 0.0931. The molecule has 0 spiro atoms. The maximum atomic E-state index is 12.4. The first-order chi connectivity index (χ1) is 12.1. The summed E-state index contributed by atoms with van der Waals surface area (Å²) in [7, 11) is 0. The molecule has 6 heteroatoms. The SMILES string of the molecule is Cc1cccc([C@H](CNC(=O)c2ccc(=O)[nH]c2)N2CCOCC2)c1. The Labute approximate surface area is 146 Å². The molecule has 0 radical (unpaired) electrons. The van der Waals surface area contributed by atoms with Gasteiger partial charge in [0.05, 0.1) is 24.8 Å². The fourth-order valence-corrected chi connectivity index (χ4v) is 3.07. The molecular weight excluding hydrogens is 318 g/mol. The van der Waals surface area contributed by atoms with Crippen molar-refractivity contribution >= 4 is 5.91 Å². The Kier molecular flexibility index (Phi) is 5.63. The number of hydrogen-bond acceptors (Lipinski definition) is 4. The molecule has 0 saturated carbocycles. The highest BCUT2D eigenvalue weighted by Crippen LogP contribution is 2.22. The third kappa shape index (κ3) is 4.55. The summed E-state index contributed by atoms with van der Waals surface area (Å²) in [5, 5.41) is 2.99. The quantitative estimate of drug-likeness (QED) is 0.864. The van der Waals surface area contributed by atoms with E-state index < -0.39 is 0 Å². The Hall–Kier alpha value is -2.44. The highest BCUT2D eigenvalue weighted by Gasteiger charge is 2.23. The molecule has 2 heterocycles. The summed E-state index contributed by atoms with van der Waals surface area (Å²) in [4.78, 5) is 28.4. The van der Waals surface area contributed by atoms with E-state index in [0.717, 1.165) is 13.1 Å². The van der Waals surface area contributed by atoms with Crippen LogP contribution in [0.1, 0.15) is 27.5 Å². The molecule has 0 bridgehead atoms. The molecule has 2 N–H and O–H groups in total. The second kappa shape index (κ2) is 8.09. The van der Waals surface area contributed by atoms with Crippen molar-refractivity contribution in [2.24, 2.45) is 0 Å². The Balaban J connectivity index is 1.74. The first-order valence-corrected chi connectivity index (χ1v) is 8.49. The van der Waals surface area contributed by atoms with Crippen LogP contribution in [0.4, 0.5) is 0 Å². The average Bonchev–Trinajstić information content (AvgIpc) is 2.63. The third-order valence-corrected chi connectivity index (χ3v) is 4.42. The summed E-state index contributed by atoms with van der Waals surface area (Å²) in [6, 6.07) is 11.3. The van der Waals surface area contributed by atoms with Crippen molar-refractivity contribution in [3.63, 3.8) is 0 Å². The molecule has 1 aromatic carbocycles. The maximum absolute atomic E-state index is 12.4. The van der Waals surface area contributed by atoms with E-state index in [4.69, 9.17) is 4.74 Å². The summed E-state index contributed by atoms with van der Waals surface area (Å²) in [6.45, 7) is 5.66. The van der Waals surface area contributed by atoms with E-state index >= 15 is 0 Å². The minimum Gasteiger partial charge on any atom is -0.379 e. The standard InChI is InChI=1S/C19H23N3O3/c1-14-3-2-4-15(11-14)17(22-7-9-25-10-8-22)13-21-19(24)16-5-6-18(23)20-12-16/h2-6,11-12,17H,7-10,13H2,1H3,(H,20,23)(H,21,24)/t17-/m0/s1. The Bertz CT molecular complexity index is 761. The van der Waals surface area contributed by atoms with Crippen LogP contribution in [-0.2, 0) is 4.74 Å². The molecule has 3 rings (SSSR count). The van der Waals surface area contributed by atoms with Crippen LogP contribution in [0.25, 0.3) is 0 Å². The molecule has 1 aliphatic rings. The smallest absolute Gasteiger partial charge is 0.252 e. The van der Waals surface area contributed by atoms with Crippen LogP contribution in [0.5, 0.6) is 0 Å². The number of amides is 1. The van der Waals surface area contributed by atoms with Crippen LogP contribution in [0, 0.1) is 6.92 Å². The predicted molar refractivity (Wildman–Crippen MR) is 95.7 cm³/mol. The number of benzene rings is 1. The number of carbonyl (C=O) groups is 1. The van der Waals surface area contributed by atoms with Gasteiger partial charge in [-0.15, -0.1) is 0 Å². The number of aromatic nitrogens is 1. The normalized spacial score (nSPS) is 16.4. The Morgan fingerprint density at radius 2 is 2.08 bits per heavy atom. The summed E-state index contributed by atoms with van der Waals surface area (Å²) >= 11 is 0. The van der Waals surface area contributed by atoms with Gasteiger partial charge >= 0.3 is 0 Å². The van der Waals surface area contributed by atoms with E-state index in [2.05, 4.69) is 40.3 Å². The number of H-pyrrole nitrogens is 1. The molecule has 1 aromatic heterocycles. The molecule has 1 atom stereocenters. The number of hydrogen-bond donors (Lipinski definition) is 2. The fourth-order valence-electron chi connectivity index (χ4n) is 3.07. The van der Waals surface area contributed by atoms with Crippen molar-refractivity contribution in [2.45, 2.75) is 13.0 Å². The first kappa shape index (κ1) is 17.4. The van der Waals surface area contributed by atoms with Crippen molar-refractivity contribution in [3.05, 3.63) is 69.6 Å². The Morgan fingerprint density at radius 3 is 2.76 bits per heavy atom. The lowest BCUT2D eigenvalue weighted by molar-refractivity contribution is 0.0162. The van der Waals surface area contributed by atoms with E-state index in [1.807, 2.05) is 6.07 Å². The molecule has 1 saturated heterocycles. The van der Waals surface area contributed by atoms with Crippen molar-refractivity contribution < 1.29 is 9.53 Å². The second-order valence-corrected chi connectivity index (χ2v) is 6.23. The summed E-state index contributed by atoms with van der Waals surface area (Å²) in [6.07, 6.45) is 1.44. The number of pyridine rings is 1. The predicted octanol–water partition coefficient (Wildman–Crippen LogP) is 1.49. The number of carbonyl (C=O) groups excluding carboxylic acids is 1. The number of morpholine rings is 1. The van der Waals surface area contributed by atoms with Crippen LogP contribution in [0.3, 0.4) is 0 Å². The van der Waals surface area contributed by atoms with Crippen LogP contribution >= 0.6 is 0 Å². The monoisotopic (exact) mass is 341 g/mol. The van der Waals surface area contributed by atoms with Gasteiger partial charge < -0.3 is 15.0 Å². The van der Waals surface area contributed by atoms with E-state index in [9.17, 15) is 9.59 Å². The van der Waals surface area contributed by atoms with Gasteiger partial charge in [0.1, 0.15) is 0 Å². The van der Waals surface area contributed by atoms with Gasteiger partial charge in [-0.05, 0) is 18.6 Å². The second-order valence-electron chi connectivity index (χ2n) is 6.23. The van der Waals surface area contributed by atoms with Gasteiger partial charge in [0, 0.05) is 31.9 Å². The van der Waals surface area contributed by atoms with E-state index in [1.165, 1.54) is 29.5 Å². The van der Waals surface area contributed by atoms with Gasteiger partial charge in [-0.1, -0.05) is 29.8 Å². The van der Waals surface area contributed by atoms with E-state index in [0.29, 0.717) is 25.3 Å². The minimum atomic E-state index is -0.220. The number of ether oxygens (including phenoxy) is 1. The average molecular weight is 341 g/mol. The van der Waals surface area contributed by atoms with Crippen molar-refractivity contribution in [1.29, 1.82) is 0 Å². The molecule has 1 fully saturated rings. The zero-order valence-corrected chi connectivity index (χ0v) is 14.3. The molecule has 25 heavy (non-hydrogen) atoms. The number of nitrogens with zero attached hydrogens (tertiary/aromatic N) is 1. The Morgan fingerprint density at radius 1 is 1.28 bits per heavy atom. The highest BCUT2D eigenvalue weighted by atomic mass is 16.5. The number of rotatable bonds is 5. The number of aromatic amines is 1. The van der Waals surface area contributed by atoms with Gasteiger partial charge in [-0.25, -0.2) is 0 Å². The molecule has 0 unspecified atom stereocenters. The molecule has 132 valence electrons. The zero-order chi connectivity index (χ0) is 17.6. The lowest BCUT2D eigenvalue weighted by Crippen LogP contribution is -2.43. The van der Waals surface area contributed by atoms with Crippen molar-refractivity contribution in [3.8, 4) is 0 Å². The van der Waals surface area contributed by atoms with Crippen LogP contribution in [0.15, 0.2) is 47.4 Å². The largest absolute Gasteiger partial charge is 0.379 e. The maximum Gasteiger partial charge on any atom is 0.252 e. The van der Waals surface area contributed by atoms with Crippen molar-refractivity contribution in [1.82, 2.24) is 15.2 Å². The number of nitrogens with one attached hydrogen (secondary N) is 2. The fraction of sp³-hybridized carbons (Fsp3) is 0.368. The highest BCUT2D eigenvalue weighted by molar-refractivity contribution is 5.93. The molecule has 6 nitrogen and oxygen atoms in total. The summed E-state index contributed by atoms with van der Waals surface area (Å²) in [5.41, 5.74) is 2.61. The molecule has 1 amide bonds.